The number of ether oxygens (including phenoxy) is 1. The molecule has 2 aromatic rings. The number of nitrogens with zero attached hydrogens (tertiary/aromatic N) is 3. The van der Waals surface area contributed by atoms with E-state index in [4.69, 9.17) is 16.2 Å². The van der Waals surface area contributed by atoms with Crippen LogP contribution in [0.25, 0.3) is 5.52 Å². The highest BCUT2D eigenvalue weighted by molar-refractivity contribution is 5.67. The van der Waals surface area contributed by atoms with Crippen LogP contribution in [0.4, 0.5) is 11.8 Å². The van der Waals surface area contributed by atoms with Crippen LogP contribution in [0, 0.1) is 0 Å². The Bertz CT molecular complexity index is 732. The molecule has 1 aliphatic rings. The maximum atomic E-state index is 10.8. The average Bonchev–Trinajstić information content (AvgIpc) is 2.93. The van der Waals surface area contributed by atoms with E-state index in [-0.39, 0.29) is 17.5 Å². The summed E-state index contributed by atoms with van der Waals surface area (Å²) in [6.07, 6.45) is -2.67. The highest BCUT2D eigenvalue weighted by atomic mass is 16.7. The molecule has 4 atom stereocenters. The Morgan fingerprint density at radius 1 is 1.36 bits per heavy atom. The fourth-order valence-corrected chi connectivity index (χ4v) is 2.71. The molecule has 120 valence electrons. The van der Waals surface area contributed by atoms with Crippen LogP contribution in [0.2, 0.25) is 0 Å². The van der Waals surface area contributed by atoms with Crippen LogP contribution in [-0.4, -0.2) is 59.4 Å². The lowest BCUT2D eigenvalue weighted by atomic mass is 9.88. The van der Waals surface area contributed by atoms with Crippen LogP contribution in [-0.2, 0) is 10.5 Å². The number of nitrogen functional groups attached to an aromatic ring is 2. The van der Waals surface area contributed by atoms with Crippen molar-refractivity contribution in [3.05, 3.63) is 17.8 Å². The van der Waals surface area contributed by atoms with E-state index < -0.39 is 30.2 Å². The van der Waals surface area contributed by atoms with Gasteiger partial charge in [-0.15, -0.1) is 5.10 Å². The first-order chi connectivity index (χ1) is 10.2. The maximum absolute atomic E-state index is 10.8. The third-order valence-electron chi connectivity index (χ3n) is 4.02. The van der Waals surface area contributed by atoms with Crippen molar-refractivity contribution in [2.75, 3.05) is 18.1 Å². The van der Waals surface area contributed by atoms with Crippen molar-refractivity contribution in [2.24, 2.45) is 0 Å². The Balaban J connectivity index is 2.22. The molecule has 0 spiro atoms. The number of fused-ring (bicyclic) bond motifs is 1. The van der Waals surface area contributed by atoms with Gasteiger partial charge in [0.2, 0.25) is 11.7 Å². The van der Waals surface area contributed by atoms with Gasteiger partial charge in [0.05, 0.1) is 6.61 Å². The van der Waals surface area contributed by atoms with Crippen LogP contribution >= 0.6 is 0 Å². The largest absolute Gasteiger partial charge is 0.394 e. The normalized spacial score (nSPS) is 35.3. The monoisotopic (exact) mass is 311 g/mol. The summed E-state index contributed by atoms with van der Waals surface area (Å²) in [7, 11) is 0. The zero-order valence-corrected chi connectivity index (χ0v) is 11.7. The average molecular weight is 311 g/mol. The fraction of sp³-hybridized carbons (Fsp3) is 0.500. The Labute approximate surface area is 124 Å². The standard InChI is InChI=1S/C12H17N5O5/c1-11(20)8(19)6(4-18)22-12(11,21)7-3-2-5-9(13)15-10(14)16-17(5)7/h2-3,6,8,18-21H,4H2,1H3,(H4,13,14,15,16)/t6-,8-,11-,12+/m1/s1. The second kappa shape index (κ2) is 4.51. The van der Waals surface area contributed by atoms with Crippen LogP contribution in [0.3, 0.4) is 0 Å². The first kappa shape index (κ1) is 14.9. The summed E-state index contributed by atoms with van der Waals surface area (Å²) in [5.74, 6) is -2.37. The molecular formula is C12H17N5O5. The predicted octanol–water partition coefficient (Wildman–Crippen LogP) is -2.46. The molecule has 0 radical (unpaired) electrons. The Hall–Kier alpha value is -1.98. The minimum absolute atomic E-state index is 0.00306. The molecule has 3 heterocycles. The molecule has 22 heavy (non-hydrogen) atoms. The van der Waals surface area contributed by atoms with E-state index in [2.05, 4.69) is 10.1 Å². The highest BCUT2D eigenvalue weighted by Crippen LogP contribution is 2.45. The zero-order chi connectivity index (χ0) is 16.3. The molecule has 0 unspecified atom stereocenters. The van der Waals surface area contributed by atoms with Crippen molar-refractivity contribution in [2.45, 2.75) is 30.5 Å². The van der Waals surface area contributed by atoms with Gasteiger partial charge in [-0.25, -0.2) is 4.52 Å². The van der Waals surface area contributed by atoms with Gasteiger partial charge in [0, 0.05) is 0 Å². The van der Waals surface area contributed by atoms with E-state index in [1.165, 1.54) is 23.6 Å². The van der Waals surface area contributed by atoms with Crippen molar-refractivity contribution in [3.63, 3.8) is 0 Å². The van der Waals surface area contributed by atoms with E-state index in [0.29, 0.717) is 5.52 Å². The van der Waals surface area contributed by atoms with E-state index in [1.54, 1.807) is 0 Å². The molecule has 0 aromatic carbocycles. The van der Waals surface area contributed by atoms with Gasteiger partial charge in [0.1, 0.15) is 29.0 Å². The molecule has 3 rings (SSSR count). The molecule has 2 aromatic heterocycles. The van der Waals surface area contributed by atoms with Crippen molar-refractivity contribution >= 4 is 17.3 Å². The third kappa shape index (κ3) is 1.72. The van der Waals surface area contributed by atoms with Crippen LogP contribution in [0.1, 0.15) is 12.6 Å². The summed E-state index contributed by atoms with van der Waals surface area (Å²) < 4.78 is 6.48. The summed E-state index contributed by atoms with van der Waals surface area (Å²) in [5.41, 5.74) is 9.54. The SMILES string of the molecule is C[C@@]1(O)[C@H](O)[C@@H](CO)O[C@@]1(O)c1ccc2c(N)nc(N)nn12. The van der Waals surface area contributed by atoms with Crippen molar-refractivity contribution in [1.82, 2.24) is 14.6 Å². The number of rotatable bonds is 2. The van der Waals surface area contributed by atoms with E-state index in [9.17, 15) is 20.4 Å². The minimum atomic E-state index is -2.32. The highest BCUT2D eigenvalue weighted by Gasteiger charge is 2.64. The lowest BCUT2D eigenvalue weighted by Crippen LogP contribution is -2.53. The second-order valence-electron chi connectivity index (χ2n) is 5.45. The van der Waals surface area contributed by atoms with Gasteiger partial charge in [-0.2, -0.15) is 4.98 Å². The molecule has 0 saturated carbocycles. The van der Waals surface area contributed by atoms with Crippen molar-refractivity contribution in [3.8, 4) is 0 Å². The van der Waals surface area contributed by atoms with E-state index in [1.807, 2.05) is 0 Å². The molecule has 0 amide bonds. The summed E-state index contributed by atoms with van der Waals surface area (Å²) in [6.45, 7) is 0.614. The maximum Gasteiger partial charge on any atom is 0.242 e. The summed E-state index contributed by atoms with van der Waals surface area (Å²) in [6, 6.07) is 2.93. The van der Waals surface area contributed by atoms with E-state index in [0.717, 1.165) is 0 Å². The Kier molecular flexibility index (Phi) is 3.06. The molecule has 8 N–H and O–H groups in total. The summed E-state index contributed by atoms with van der Waals surface area (Å²) >= 11 is 0. The van der Waals surface area contributed by atoms with Gasteiger partial charge >= 0.3 is 0 Å². The number of aromatic nitrogens is 3. The quantitative estimate of drug-likeness (QED) is 0.351. The lowest BCUT2D eigenvalue weighted by molar-refractivity contribution is -0.275. The number of anilines is 2. The first-order valence-corrected chi connectivity index (χ1v) is 6.55. The fourth-order valence-electron chi connectivity index (χ4n) is 2.71. The minimum Gasteiger partial charge on any atom is -0.394 e. The number of hydrogen-bond donors (Lipinski definition) is 6. The smallest absolute Gasteiger partial charge is 0.242 e. The number of hydrogen-bond acceptors (Lipinski definition) is 9. The third-order valence-corrected chi connectivity index (χ3v) is 4.02. The van der Waals surface area contributed by atoms with Gasteiger partial charge in [0.25, 0.3) is 0 Å². The lowest BCUT2D eigenvalue weighted by Gasteiger charge is -2.34. The Morgan fingerprint density at radius 2 is 2.05 bits per heavy atom. The van der Waals surface area contributed by atoms with Gasteiger partial charge in [-0.1, -0.05) is 0 Å². The first-order valence-electron chi connectivity index (χ1n) is 6.55. The molecule has 1 aliphatic heterocycles. The zero-order valence-electron chi connectivity index (χ0n) is 11.7. The van der Waals surface area contributed by atoms with Gasteiger partial charge in [-0.05, 0) is 19.1 Å². The number of aliphatic hydroxyl groups excluding tert-OH is 2. The van der Waals surface area contributed by atoms with Gasteiger partial charge in [0.15, 0.2) is 5.82 Å². The molecule has 0 aliphatic carbocycles. The van der Waals surface area contributed by atoms with Gasteiger partial charge in [-0.3, -0.25) is 0 Å². The predicted molar refractivity (Wildman–Crippen MR) is 74.3 cm³/mol. The molecule has 10 heteroatoms. The molecule has 1 saturated heterocycles. The van der Waals surface area contributed by atoms with E-state index >= 15 is 0 Å². The molecule has 0 bridgehead atoms. The second-order valence-corrected chi connectivity index (χ2v) is 5.45. The molecule has 1 fully saturated rings. The Morgan fingerprint density at radius 3 is 2.64 bits per heavy atom. The van der Waals surface area contributed by atoms with Gasteiger partial charge < -0.3 is 36.6 Å². The molecular weight excluding hydrogens is 294 g/mol. The molecule has 10 nitrogen and oxygen atoms in total. The van der Waals surface area contributed by atoms with Crippen molar-refractivity contribution in [1.29, 1.82) is 0 Å². The van der Waals surface area contributed by atoms with Crippen LogP contribution in [0.15, 0.2) is 12.1 Å². The summed E-state index contributed by atoms with van der Waals surface area (Å²) in [4.78, 5) is 3.80. The van der Waals surface area contributed by atoms with Crippen LogP contribution < -0.4 is 11.5 Å². The number of nitrogens with two attached hydrogens (primary N) is 2. The summed E-state index contributed by atoms with van der Waals surface area (Å²) in [5, 5.41) is 44.5. The van der Waals surface area contributed by atoms with Crippen molar-refractivity contribution < 1.29 is 25.2 Å². The topological polar surface area (TPSA) is 172 Å². The number of aliphatic hydroxyl groups is 4. The van der Waals surface area contributed by atoms with Crippen LogP contribution in [0.5, 0.6) is 0 Å².